The van der Waals surface area contributed by atoms with Crippen molar-refractivity contribution in [1.29, 1.82) is 0 Å². The number of rotatable bonds is 10. The Morgan fingerprint density at radius 1 is 0.552 bits per heavy atom. The van der Waals surface area contributed by atoms with Crippen LogP contribution in [0.1, 0.15) is 11.1 Å². The minimum Gasteiger partial charge on any atom is -0.491 e. The summed E-state index contributed by atoms with van der Waals surface area (Å²) in [5.41, 5.74) is 5.16. The number of anilines is 3. The smallest absolute Gasteiger partial charge is 0.119 e. The summed E-state index contributed by atoms with van der Waals surface area (Å²) < 4.78 is 5.47. The number of hydrogen-bond donors (Lipinski definition) is 3. The highest BCUT2D eigenvalue weighted by Crippen LogP contribution is 2.35. The van der Waals surface area contributed by atoms with E-state index in [4.69, 9.17) is 20.1 Å². The maximum atomic E-state index is 9.16. The fourth-order valence-electron chi connectivity index (χ4n) is 3.18. The molecule has 0 unspecified atom stereocenters. The SMILES string of the molecule is OCCOc1ccc(N(c2ccc(CCO)cc2)c2ccc(CCO)cc2)cc1. The highest BCUT2D eigenvalue weighted by Gasteiger charge is 2.13. The van der Waals surface area contributed by atoms with E-state index in [0.29, 0.717) is 18.6 Å². The van der Waals surface area contributed by atoms with Gasteiger partial charge in [0.15, 0.2) is 0 Å². The number of aliphatic hydroxyl groups is 3. The standard InChI is InChI=1S/C24H27NO4/c26-15-13-19-1-5-21(6-2-19)25(22-7-3-20(4-8-22)14-16-27)23-9-11-24(12-10-23)29-18-17-28/h1-12,26-28H,13-18H2. The first-order valence-corrected chi connectivity index (χ1v) is 9.78. The lowest BCUT2D eigenvalue weighted by Gasteiger charge is -2.26. The van der Waals surface area contributed by atoms with Crippen molar-refractivity contribution in [3.05, 3.63) is 83.9 Å². The Morgan fingerprint density at radius 3 is 1.34 bits per heavy atom. The molecule has 5 heteroatoms. The number of nitrogens with zero attached hydrogens (tertiary/aromatic N) is 1. The predicted octanol–water partition coefficient (Wildman–Crippen LogP) is 3.60. The highest BCUT2D eigenvalue weighted by molar-refractivity contribution is 5.76. The summed E-state index contributed by atoms with van der Waals surface area (Å²) in [6, 6.07) is 24.0. The molecule has 0 aliphatic carbocycles. The molecular weight excluding hydrogens is 366 g/mol. The largest absolute Gasteiger partial charge is 0.491 e. The molecule has 0 aliphatic rings. The van der Waals surface area contributed by atoms with Crippen molar-refractivity contribution in [3.8, 4) is 5.75 Å². The van der Waals surface area contributed by atoms with Crippen molar-refractivity contribution >= 4 is 17.1 Å². The van der Waals surface area contributed by atoms with Gasteiger partial charge in [-0.1, -0.05) is 24.3 Å². The van der Waals surface area contributed by atoms with Gasteiger partial charge in [-0.15, -0.1) is 0 Å². The van der Waals surface area contributed by atoms with E-state index in [-0.39, 0.29) is 26.4 Å². The summed E-state index contributed by atoms with van der Waals surface area (Å²) in [5.74, 6) is 0.708. The molecule has 0 saturated heterocycles. The molecule has 0 saturated carbocycles. The molecule has 0 aromatic heterocycles. The van der Waals surface area contributed by atoms with Crippen LogP contribution in [0.3, 0.4) is 0 Å². The molecule has 0 aliphatic heterocycles. The average molecular weight is 393 g/mol. The molecule has 0 bridgehead atoms. The van der Waals surface area contributed by atoms with Gasteiger partial charge in [0.25, 0.3) is 0 Å². The van der Waals surface area contributed by atoms with Crippen LogP contribution in [0.2, 0.25) is 0 Å². The van der Waals surface area contributed by atoms with Gasteiger partial charge in [0.2, 0.25) is 0 Å². The fourth-order valence-corrected chi connectivity index (χ4v) is 3.18. The van der Waals surface area contributed by atoms with E-state index < -0.39 is 0 Å². The maximum absolute atomic E-state index is 9.16. The third kappa shape index (κ3) is 5.57. The second kappa shape index (κ2) is 10.6. The van der Waals surface area contributed by atoms with Crippen LogP contribution in [0, 0.1) is 0 Å². The molecule has 0 fully saturated rings. The first-order valence-electron chi connectivity index (χ1n) is 9.78. The van der Waals surface area contributed by atoms with Gasteiger partial charge in [-0.2, -0.15) is 0 Å². The average Bonchev–Trinajstić information content (AvgIpc) is 2.76. The Balaban J connectivity index is 1.94. The van der Waals surface area contributed by atoms with Gasteiger partial charge in [0.05, 0.1) is 6.61 Å². The number of benzene rings is 3. The van der Waals surface area contributed by atoms with Gasteiger partial charge < -0.3 is 25.0 Å². The van der Waals surface area contributed by atoms with Crippen LogP contribution in [0.4, 0.5) is 17.1 Å². The normalized spacial score (nSPS) is 10.7. The van der Waals surface area contributed by atoms with Crippen molar-refractivity contribution in [1.82, 2.24) is 0 Å². The molecule has 0 amide bonds. The third-order valence-corrected chi connectivity index (χ3v) is 4.64. The van der Waals surface area contributed by atoms with Crippen LogP contribution >= 0.6 is 0 Å². The molecular formula is C24H27NO4. The molecule has 29 heavy (non-hydrogen) atoms. The lowest BCUT2D eigenvalue weighted by molar-refractivity contribution is 0.201. The summed E-state index contributed by atoms with van der Waals surface area (Å²) >= 11 is 0. The Morgan fingerprint density at radius 2 is 0.966 bits per heavy atom. The molecule has 3 aromatic rings. The van der Waals surface area contributed by atoms with Gasteiger partial charge in [0, 0.05) is 30.3 Å². The van der Waals surface area contributed by atoms with Crippen molar-refractivity contribution in [2.24, 2.45) is 0 Å². The predicted molar refractivity (Wildman–Crippen MR) is 115 cm³/mol. The second-order valence-electron chi connectivity index (χ2n) is 6.68. The van der Waals surface area contributed by atoms with Crippen LogP contribution in [0.25, 0.3) is 0 Å². The van der Waals surface area contributed by atoms with Crippen molar-refractivity contribution in [2.75, 3.05) is 31.3 Å². The Kier molecular flexibility index (Phi) is 7.64. The van der Waals surface area contributed by atoms with Gasteiger partial charge in [0.1, 0.15) is 12.4 Å². The topological polar surface area (TPSA) is 73.2 Å². The summed E-state index contributed by atoms with van der Waals surface area (Å²) in [4.78, 5) is 2.14. The first-order chi connectivity index (χ1) is 14.2. The van der Waals surface area contributed by atoms with Crippen molar-refractivity contribution < 1.29 is 20.1 Å². The van der Waals surface area contributed by atoms with E-state index in [1.54, 1.807) is 0 Å². The second-order valence-corrected chi connectivity index (χ2v) is 6.68. The lowest BCUT2D eigenvalue weighted by Crippen LogP contribution is -2.10. The molecule has 0 radical (unpaired) electrons. The minimum absolute atomic E-state index is 0.0196. The van der Waals surface area contributed by atoms with Crippen LogP contribution in [0.15, 0.2) is 72.8 Å². The Hall–Kier alpha value is -2.86. The van der Waals surface area contributed by atoms with E-state index >= 15 is 0 Å². The fraction of sp³-hybridized carbons (Fsp3) is 0.250. The minimum atomic E-state index is -0.0196. The lowest BCUT2D eigenvalue weighted by atomic mass is 10.1. The number of aliphatic hydroxyl groups excluding tert-OH is 3. The number of hydrogen-bond acceptors (Lipinski definition) is 5. The van der Waals surface area contributed by atoms with E-state index in [0.717, 1.165) is 28.2 Å². The van der Waals surface area contributed by atoms with E-state index in [1.807, 2.05) is 72.8 Å². The third-order valence-electron chi connectivity index (χ3n) is 4.64. The Bertz CT molecular complexity index is 811. The van der Waals surface area contributed by atoms with Crippen LogP contribution in [-0.4, -0.2) is 41.7 Å². The molecule has 152 valence electrons. The van der Waals surface area contributed by atoms with Crippen LogP contribution < -0.4 is 9.64 Å². The summed E-state index contributed by atoms with van der Waals surface area (Å²) in [5, 5.41) is 27.2. The molecule has 3 rings (SSSR count). The molecule has 3 N–H and O–H groups in total. The van der Waals surface area contributed by atoms with Gasteiger partial charge >= 0.3 is 0 Å². The quantitative estimate of drug-likeness (QED) is 0.491. The maximum Gasteiger partial charge on any atom is 0.119 e. The summed E-state index contributed by atoms with van der Waals surface area (Å²) in [7, 11) is 0. The zero-order valence-corrected chi connectivity index (χ0v) is 16.4. The van der Waals surface area contributed by atoms with Crippen molar-refractivity contribution in [3.63, 3.8) is 0 Å². The molecule has 0 heterocycles. The monoisotopic (exact) mass is 393 g/mol. The molecule has 0 atom stereocenters. The van der Waals surface area contributed by atoms with E-state index in [1.165, 1.54) is 0 Å². The molecule has 5 nitrogen and oxygen atoms in total. The van der Waals surface area contributed by atoms with E-state index in [2.05, 4.69) is 4.90 Å². The first kappa shape index (κ1) is 20.9. The van der Waals surface area contributed by atoms with E-state index in [9.17, 15) is 0 Å². The summed E-state index contributed by atoms with van der Waals surface area (Å²) in [6.07, 6.45) is 1.26. The van der Waals surface area contributed by atoms with Gasteiger partial charge in [-0.3, -0.25) is 0 Å². The van der Waals surface area contributed by atoms with Crippen LogP contribution in [-0.2, 0) is 12.8 Å². The zero-order chi connectivity index (χ0) is 20.5. The van der Waals surface area contributed by atoms with Gasteiger partial charge in [-0.25, -0.2) is 0 Å². The zero-order valence-electron chi connectivity index (χ0n) is 16.4. The van der Waals surface area contributed by atoms with Gasteiger partial charge in [-0.05, 0) is 72.5 Å². The molecule has 0 spiro atoms. The van der Waals surface area contributed by atoms with Crippen molar-refractivity contribution in [2.45, 2.75) is 12.8 Å². The Labute approximate surface area is 171 Å². The highest BCUT2D eigenvalue weighted by atomic mass is 16.5. The summed E-state index contributed by atoms with van der Waals surface area (Å²) in [6.45, 7) is 0.505. The number of ether oxygens (including phenoxy) is 1. The molecule has 3 aromatic carbocycles. The van der Waals surface area contributed by atoms with Crippen LogP contribution in [0.5, 0.6) is 5.75 Å².